The number of aliphatic imine (C=N–C) groups is 1. The Kier molecular flexibility index (Phi) is 10.6. The molecule has 0 aromatic heterocycles. The predicted octanol–water partition coefficient (Wildman–Crippen LogP) is 7.46. The van der Waals surface area contributed by atoms with Crippen LogP contribution >= 0.6 is 0 Å². The summed E-state index contributed by atoms with van der Waals surface area (Å²) in [7, 11) is 3.09. The number of fused-ring (bicyclic) bond motifs is 8. The van der Waals surface area contributed by atoms with Gasteiger partial charge in [0, 0.05) is 56.1 Å². The van der Waals surface area contributed by atoms with Crippen molar-refractivity contribution in [3.63, 3.8) is 0 Å². The summed E-state index contributed by atoms with van der Waals surface area (Å²) in [6.07, 6.45) is 6.76. The third-order valence-corrected chi connectivity index (χ3v) is 11.4. The predicted molar refractivity (Wildman–Crippen MR) is 226 cm³/mol. The Morgan fingerprint density at radius 3 is 2.38 bits per heavy atom. The van der Waals surface area contributed by atoms with E-state index in [1.165, 1.54) is 7.11 Å². The number of unbranched alkanes of at least 4 members (excludes halogenated alkanes) is 1. The summed E-state index contributed by atoms with van der Waals surface area (Å²) in [4.78, 5) is 47.1. The van der Waals surface area contributed by atoms with Gasteiger partial charge in [-0.1, -0.05) is 42.5 Å². The van der Waals surface area contributed by atoms with E-state index in [0.29, 0.717) is 90.0 Å². The first-order valence-corrected chi connectivity index (χ1v) is 20.1. The Morgan fingerprint density at radius 1 is 0.850 bits per heavy atom. The lowest BCUT2D eigenvalue weighted by molar-refractivity contribution is -0.137. The van der Waals surface area contributed by atoms with Crippen LogP contribution in [0.4, 0.5) is 22.7 Å². The van der Waals surface area contributed by atoms with Crippen molar-refractivity contribution in [2.75, 3.05) is 55.7 Å². The van der Waals surface area contributed by atoms with E-state index in [1.807, 2.05) is 65.6 Å². The van der Waals surface area contributed by atoms with E-state index >= 15 is 0 Å². The minimum Gasteiger partial charge on any atom is -0.493 e. The number of carbonyl (C=O) groups is 3. The first kappa shape index (κ1) is 38.7. The molecule has 0 fully saturated rings. The van der Waals surface area contributed by atoms with Crippen LogP contribution in [0.25, 0.3) is 0 Å². The minimum absolute atomic E-state index is 0.00825. The van der Waals surface area contributed by atoms with Gasteiger partial charge in [-0.05, 0) is 71.9 Å². The van der Waals surface area contributed by atoms with E-state index < -0.39 is 5.97 Å². The van der Waals surface area contributed by atoms with Crippen molar-refractivity contribution in [3.8, 4) is 23.0 Å². The van der Waals surface area contributed by atoms with E-state index in [2.05, 4.69) is 22.2 Å². The zero-order chi connectivity index (χ0) is 41.3. The second-order valence-electron chi connectivity index (χ2n) is 15.3. The van der Waals surface area contributed by atoms with Crippen LogP contribution in [0.3, 0.4) is 0 Å². The van der Waals surface area contributed by atoms with Crippen molar-refractivity contribution >= 4 is 46.4 Å². The van der Waals surface area contributed by atoms with Crippen molar-refractivity contribution in [2.24, 2.45) is 4.99 Å². The van der Waals surface area contributed by atoms with Crippen LogP contribution in [-0.2, 0) is 22.4 Å². The molecular formula is C47H44N4O9. The molecule has 5 aliphatic rings. The van der Waals surface area contributed by atoms with Crippen molar-refractivity contribution in [1.82, 2.24) is 0 Å². The van der Waals surface area contributed by atoms with Gasteiger partial charge in [0.1, 0.15) is 13.2 Å². The van der Waals surface area contributed by atoms with E-state index in [0.717, 1.165) is 40.1 Å². The SMILES string of the molecule is COc1cc2c(cc1OCC1=CC(OCCCCC(=O)O)CC(COc3cc4c(cc3OC)C(=O)N3C(=C=N4)Cc4ccccc43)=C1)NC[C@@H]1Cc3ccccc3N1C2=O. The summed E-state index contributed by atoms with van der Waals surface area (Å²) >= 11 is 0. The van der Waals surface area contributed by atoms with Crippen LogP contribution in [0.1, 0.15) is 57.5 Å². The Balaban J connectivity index is 0.937. The number of nitrogens with one attached hydrogen (secondary N) is 1. The maximum atomic E-state index is 14.0. The molecule has 2 atom stereocenters. The Bertz CT molecular complexity index is 2540. The largest absolute Gasteiger partial charge is 0.493 e. The molecule has 13 nitrogen and oxygen atoms in total. The van der Waals surface area contributed by atoms with Crippen LogP contribution in [0, 0.1) is 0 Å². The molecule has 0 saturated carbocycles. The number of carbonyl (C=O) groups excluding carboxylic acids is 2. The van der Waals surface area contributed by atoms with Gasteiger partial charge in [0.25, 0.3) is 11.8 Å². The Hall–Kier alpha value is -6.82. The molecule has 0 bridgehead atoms. The molecule has 4 heterocycles. The number of carboxylic acids is 1. The number of carboxylic acid groups (broad SMARTS) is 1. The van der Waals surface area contributed by atoms with Crippen LogP contribution in [0.15, 0.2) is 107 Å². The standard InChI is InChI=1S/C47H44N4O9/c1-56-41-20-35-37(48-24-32-18-30-9-3-5-11-39(30)50(32)46(35)54)22-43(41)59-26-28-15-29(17-34(16-28)58-14-8-7-13-45(52)53)27-60-44-23-38-36(21-42(44)57-2)47(55)51-33(25-49-38)19-31-10-4-6-12-40(31)51/h3-6,9-12,15-16,20-23,32,34,48H,7-8,13-14,17-19,24,26-27H2,1-2H3,(H,52,53)/t32-,34?/m0/s1. The average Bonchev–Trinajstić information content (AvgIpc) is 3.75. The number of aliphatic carboxylic acids is 1. The number of para-hydroxylation sites is 2. The quantitative estimate of drug-likeness (QED) is 0.123. The maximum Gasteiger partial charge on any atom is 0.303 e. The highest BCUT2D eigenvalue weighted by atomic mass is 16.5. The summed E-state index contributed by atoms with van der Waals surface area (Å²) in [5.74, 6) is 3.68. The molecule has 0 radical (unpaired) electrons. The van der Waals surface area contributed by atoms with Gasteiger partial charge in [-0.2, -0.15) is 0 Å². The fourth-order valence-corrected chi connectivity index (χ4v) is 8.51. The number of benzene rings is 4. The fourth-order valence-electron chi connectivity index (χ4n) is 8.51. The smallest absolute Gasteiger partial charge is 0.303 e. The maximum absolute atomic E-state index is 14.0. The molecule has 13 heteroatoms. The van der Waals surface area contributed by atoms with Gasteiger partial charge in [0.05, 0.1) is 60.3 Å². The monoisotopic (exact) mass is 808 g/mol. The number of rotatable bonds is 14. The molecular weight excluding hydrogens is 765 g/mol. The van der Waals surface area contributed by atoms with Gasteiger partial charge in [0.15, 0.2) is 23.0 Å². The second kappa shape index (κ2) is 16.4. The molecule has 60 heavy (non-hydrogen) atoms. The van der Waals surface area contributed by atoms with Gasteiger partial charge < -0.3 is 39.0 Å². The number of hydrogen-bond donors (Lipinski definition) is 2. The summed E-state index contributed by atoms with van der Waals surface area (Å²) < 4.78 is 30.6. The lowest BCUT2D eigenvalue weighted by atomic mass is 9.97. The van der Waals surface area contributed by atoms with Crippen LogP contribution in [0.5, 0.6) is 23.0 Å². The molecule has 1 aliphatic carbocycles. The third kappa shape index (κ3) is 7.49. The topological polar surface area (TPSA) is 148 Å². The van der Waals surface area contributed by atoms with Crippen molar-refractivity contribution in [2.45, 2.75) is 50.7 Å². The van der Waals surface area contributed by atoms with E-state index in [1.54, 1.807) is 30.2 Å². The molecule has 4 aromatic carbocycles. The highest BCUT2D eigenvalue weighted by Crippen LogP contribution is 2.43. The Labute approximate surface area is 347 Å². The van der Waals surface area contributed by atoms with E-state index in [9.17, 15) is 14.4 Å². The van der Waals surface area contributed by atoms with E-state index in [4.69, 9.17) is 28.8 Å². The number of amides is 2. The van der Waals surface area contributed by atoms with Crippen LogP contribution in [-0.4, -0.2) is 81.5 Å². The van der Waals surface area contributed by atoms with Crippen LogP contribution in [0.2, 0.25) is 0 Å². The van der Waals surface area contributed by atoms with Crippen molar-refractivity contribution in [3.05, 3.63) is 124 Å². The minimum atomic E-state index is -0.835. The average molecular weight is 809 g/mol. The van der Waals surface area contributed by atoms with Gasteiger partial charge in [-0.25, -0.2) is 4.99 Å². The first-order valence-electron chi connectivity index (χ1n) is 20.1. The number of anilines is 3. The molecule has 2 amide bonds. The zero-order valence-corrected chi connectivity index (χ0v) is 33.4. The normalized spacial score (nSPS) is 18.3. The molecule has 0 spiro atoms. The van der Waals surface area contributed by atoms with Gasteiger partial charge in [-0.3, -0.25) is 19.3 Å². The molecule has 9 rings (SSSR count). The van der Waals surface area contributed by atoms with Crippen LogP contribution < -0.4 is 34.1 Å². The van der Waals surface area contributed by atoms with Gasteiger partial charge in [-0.15, -0.1) is 0 Å². The zero-order valence-electron chi connectivity index (χ0n) is 33.4. The molecule has 2 N–H and O–H groups in total. The summed E-state index contributed by atoms with van der Waals surface area (Å²) in [5.41, 5.74) is 8.39. The van der Waals surface area contributed by atoms with Gasteiger partial charge in [0.2, 0.25) is 0 Å². The second-order valence-corrected chi connectivity index (χ2v) is 15.3. The molecule has 4 aliphatic heterocycles. The summed E-state index contributed by atoms with van der Waals surface area (Å²) in [6, 6.07) is 22.7. The third-order valence-electron chi connectivity index (χ3n) is 11.4. The van der Waals surface area contributed by atoms with Crippen molar-refractivity contribution in [1.29, 1.82) is 0 Å². The number of methoxy groups -OCH3 is 2. The number of nitrogens with zero attached hydrogens (tertiary/aromatic N) is 3. The lowest BCUT2D eigenvalue weighted by Crippen LogP contribution is -2.39. The number of allylic oxidation sites excluding steroid dienone is 1. The van der Waals surface area contributed by atoms with Crippen molar-refractivity contribution < 1.29 is 43.2 Å². The summed E-state index contributed by atoms with van der Waals surface area (Å²) in [5, 5.41) is 12.6. The van der Waals surface area contributed by atoms with E-state index in [-0.39, 0.29) is 43.6 Å². The first-order chi connectivity index (χ1) is 29.3. The molecule has 1 unspecified atom stereocenters. The highest BCUT2D eigenvalue weighted by Gasteiger charge is 2.38. The highest BCUT2D eigenvalue weighted by molar-refractivity contribution is 6.15. The number of ether oxygens (including phenoxy) is 5. The fraction of sp³-hybridized carbons (Fsp3) is 0.298. The molecule has 306 valence electrons. The number of hydrogen-bond acceptors (Lipinski definition) is 10. The van der Waals surface area contributed by atoms with Gasteiger partial charge >= 0.3 is 5.97 Å². The molecule has 0 saturated heterocycles. The lowest BCUT2D eigenvalue weighted by Gasteiger charge is -2.24. The molecule has 4 aromatic rings. The Morgan fingerprint density at radius 2 is 1.58 bits per heavy atom. The summed E-state index contributed by atoms with van der Waals surface area (Å²) in [6.45, 7) is 1.32.